The topological polar surface area (TPSA) is 91.3 Å². The van der Waals surface area contributed by atoms with Crippen LogP contribution in [0.4, 0.5) is 4.79 Å². The Bertz CT molecular complexity index is 1810. The molecule has 4 aromatic carbocycles. The highest BCUT2D eigenvalue weighted by atomic mass is 16.5. The zero-order valence-electron chi connectivity index (χ0n) is 24.2. The number of hydrazone groups is 1. The molecular weight excluding hydrogens is 540 g/mol. The SMILES string of the molecule is COc1ccc([C@@H]2CC(c3ccc4ccccc4c3)=NN2C(=O)CN2C(=O)N[C@](C)(c3ccc4c(c3)CCC4)C2=O)cc1. The highest BCUT2D eigenvalue weighted by Gasteiger charge is 2.50. The summed E-state index contributed by atoms with van der Waals surface area (Å²) in [4.78, 5) is 41.8. The van der Waals surface area contributed by atoms with E-state index in [0.717, 1.165) is 57.3 Å². The second kappa shape index (κ2) is 10.4. The predicted molar refractivity (Wildman–Crippen MR) is 164 cm³/mol. The normalized spacial score (nSPS) is 21.3. The van der Waals surface area contributed by atoms with Gasteiger partial charge >= 0.3 is 6.03 Å². The van der Waals surface area contributed by atoms with Gasteiger partial charge in [-0.2, -0.15) is 5.10 Å². The fraction of sp³-hybridized carbons (Fsp3) is 0.257. The number of hydrogen-bond donors (Lipinski definition) is 1. The van der Waals surface area contributed by atoms with Gasteiger partial charge in [0.15, 0.2) is 0 Å². The van der Waals surface area contributed by atoms with Crippen molar-refractivity contribution in [3.63, 3.8) is 0 Å². The van der Waals surface area contributed by atoms with Gasteiger partial charge in [-0.05, 0) is 83.0 Å². The van der Waals surface area contributed by atoms with E-state index in [-0.39, 0.29) is 0 Å². The molecule has 216 valence electrons. The first-order valence-electron chi connectivity index (χ1n) is 14.6. The summed E-state index contributed by atoms with van der Waals surface area (Å²) < 4.78 is 5.33. The van der Waals surface area contributed by atoms with Gasteiger partial charge in [0.1, 0.15) is 17.8 Å². The first kappa shape index (κ1) is 26.9. The van der Waals surface area contributed by atoms with E-state index in [9.17, 15) is 14.4 Å². The summed E-state index contributed by atoms with van der Waals surface area (Å²) in [5.41, 5.74) is 4.56. The van der Waals surface area contributed by atoms with Crippen molar-refractivity contribution in [3.8, 4) is 5.75 Å². The zero-order valence-corrected chi connectivity index (χ0v) is 24.2. The average Bonchev–Trinajstić information content (AvgIpc) is 3.75. The van der Waals surface area contributed by atoms with Gasteiger partial charge in [-0.1, -0.05) is 66.7 Å². The molecular formula is C35H32N4O4. The van der Waals surface area contributed by atoms with Gasteiger partial charge in [0.2, 0.25) is 0 Å². The van der Waals surface area contributed by atoms with E-state index < -0.39 is 36.0 Å². The van der Waals surface area contributed by atoms with Gasteiger partial charge in [0.05, 0.1) is 18.9 Å². The molecule has 3 aliphatic rings. The van der Waals surface area contributed by atoms with Crippen LogP contribution in [-0.2, 0) is 28.0 Å². The van der Waals surface area contributed by atoms with Crippen molar-refractivity contribution in [1.29, 1.82) is 0 Å². The van der Waals surface area contributed by atoms with Crippen molar-refractivity contribution in [2.45, 2.75) is 44.2 Å². The number of methoxy groups -OCH3 is 1. The number of fused-ring (bicyclic) bond motifs is 2. The van der Waals surface area contributed by atoms with Gasteiger partial charge in [-0.3, -0.25) is 14.5 Å². The molecule has 1 fully saturated rings. The maximum absolute atomic E-state index is 13.9. The van der Waals surface area contributed by atoms with Crippen molar-refractivity contribution >= 4 is 34.3 Å². The lowest BCUT2D eigenvalue weighted by molar-refractivity contribution is -0.140. The standard InChI is InChI=1S/C35H32N4O4/c1-35(28-15-12-23-8-5-9-26(23)19-28)33(41)38(34(42)36-35)21-32(40)39-31(24-13-16-29(43-2)17-14-24)20-30(37-39)27-11-10-22-6-3-4-7-25(22)18-27/h3-4,6-7,10-19,31H,5,8-9,20-21H2,1-2H3,(H,36,42)/t31-,35+/m0/s1. The van der Waals surface area contributed by atoms with Gasteiger partial charge in [-0.25, -0.2) is 9.80 Å². The Morgan fingerprint density at radius 3 is 2.51 bits per heavy atom. The Balaban J connectivity index is 1.18. The molecule has 0 spiro atoms. The Kier molecular flexibility index (Phi) is 6.49. The number of hydrogen-bond acceptors (Lipinski definition) is 5. The van der Waals surface area contributed by atoms with Crippen LogP contribution in [0, 0.1) is 0 Å². The highest BCUT2D eigenvalue weighted by Crippen LogP contribution is 2.36. The first-order valence-corrected chi connectivity index (χ1v) is 14.6. The van der Waals surface area contributed by atoms with Crippen LogP contribution in [-0.4, -0.2) is 47.1 Å². The summed E-state index contributed by atoms with van der Waals surface area (Å²) in [6.07, 6.45) is 3.57. The van der Waals surface area contributed by atoms with Crippen LogP contribution in [0.2, 0.25) is 0 Å². The van der Waals surface area contributed by atoms with E-state index in [0.29, 0.717) is 12.2 Å². The maximum atomic E-state index is 13.9. The minimum absolute atomic E-state index is 0.399. The monoisotopic (exact) mass is 572 g/mol. The fourth-order valence-corrected chi connectivity index (χ4v) is 6.50. The van der Waals surface area contributed by atoms with Gasteiger partial charge < -0.3 is 10.1 Å². The summed E-state index contributed by atoms with van der Waals surface area (Å²) in [5, 5.41) is 11.3. The molecule has 0 aromatic heterocycles. The number of imide groups is 1. The molecule has 0 unspecified atom stereocenters. The fourth-order valence-electron chi connectivity index (χ4n) is 6.50. The molecule has 8 heteroatoms. The summed E-state index contributed by atoms with van der Waals surface area (Å²) in [7, 11) is 1.61. The second-order valence-electron chi connectivity index (χ2n) is 11.6. The van der Waals surface area contributed by atoms with E-state index in [2.05, 4.69) is 17.4 Å². The molecule has 0 radical (unpaired) electrons. The summed E-state index contributed by atoms with van der Waals surface area (Å²) in [6.45, 7) is 1.30. The summed E-state index contributed by atoms with van der Waals surface area (Å²) in [6, 6.07) is 26.8. The average molecular weight is 573 g/mol. The molecule has 7 rings (SSSR count). The van der Waals surface area contributed by atoms with Gasteiger partial charge in [0.25, 0.3) is 11.8 Å². The first-order chi connectivity index (χ1) is 20.8. The number of carbonyl (C=O) groups excluding carboxylic acids is 3. The molecule has 2 atom stereocenters. The van der Waals surface area contributed by atoms with Gasteiger partial charge in [0, 0.05) is 6.42 Å². The third kappa shape index (κ3) is 4.63. The number of nitrogens with zero attached hydrogens (tertiary/aromatic N) is 3. The van der Waals surface area contributed by atoms with Crippen molar-refractivity contribution in [2.75, 3.05) is 13.7 Å². The number of nitrogens with one attached hydrogen (secondary N) is 1. The molecule has 4 aromatic rings. The number of rotatable bonds is 6. The van der Waals surface area contributed by atoms with Gasteiger partial charge in [-0.15, -0.1) is 0 Å². The Hall–Kier alpha value is -4.98. The second-order valence-corrected chi connectivity index (χ2v) is 11.6. The van der Waals surface area contributed by atoms with E-state index in [4.69, 9.17) is 9.84 Å². The number of amides is 4. The van der Waals surface area contributed by atoms with E-state index >= 15 is 0 Å². The van der Waals surface area contributed by atoms with Crippen LogP contribution in [0.1, 0.15) is 53.6 Å². The van der Waals surface area contributed by atoms with Crippen molar-refractivity contribution < 1.29 is 19.1 Å². The number of benzene rings is 4. The number of ether oxygens (including phenoxy) is 1. The Morgan fingerprint density at radius 2 is 1.72 bits per heavy atom. The lowest BCUT2D eigenvalue weighted by atomic mass is 9.89. The largest absolute Gasteiger partial charge is 0.497 e. The van der Waals surface area contributed by atoms with Crippen molar-refractivity contribution in [2.24, 2.45) is 5.10 Å². The van der Waals surface area contributed by atoms with E-state index in [1.165, 1.54) is 16.1 Å². The smallest absolute Gasteiger partial charge is 0.325 e. The van der Waals surface area contributed by atoms with Crippen LogP contribution in [0.15, 0.2) is 90.0 Å². The number of urea groups is 1. The zero-order chi connectivity index (χ0) is 29.7. The van der Waals surface area contributed by atoms with Crippen molar-refractivity contribution in [3.05, 3.63) is 113 Å². The molecule has 43 heavy (non-hydrogen) atoms. The number of carbonyl (C=O) groups is 3. The summed E-state index contributed by atoms with van der Waals surface area (Å²) >= 11 is 0. The van der Waals surface area contributed by atoms with Crippen LogP contribution >= 0.6 is 0 Å². The molecule has 1 saturated heterocycles. The van der Waals surface area contributed by atoms with E-state index in [1.807, 2.05) is 72.8 Å². The number of aryl methyl sites for hydroxylation is 2. The molecule has 2 aliphatic heterocycles. The lowest BCUT2D eigenvalue weighted by Gasteiger charge is -2.25. The molecule has 1 aliphatic carbocycles. The molecule has 1 N–H and O–H groups in total. The maximum Gasteiger partial charge on any atom is 0.325 e. The molecule has 4 amide bonds. The quantitative estimate of drug-likeness (QED) is 0.310. The summed E-state index contributed by atoms with van der Waals surface area (Å²) in [5.74, 6) is -0.165. The highest BCUT2D eigenvalue weighted by molar-refractivity contribution is 6.10. The predicted octanol–water partition coefficient (Wildman–Crippen LogP) is 5.48. The Morgan fingerprint density at radius 1 is 0.953 bits per heavy atom. The lowest BCUT2D eigenvalue weighted by Crippen LogP contribution is -2.43. The molecule has 0 bridgehead atoms. The minimum Gasteiger partial charge on any atom is -0.497 e. The molecule has 2 heterocycles. The van der Waals surface area contributed by atoms with Crippen LogP contribution in [0.5, 0.6) is 5.75 Å². The van der Waals surface area contributed by atoms with E-state index in [1.54, 1.807) is 14.0 Å². The Labute approximate surface area is 249 Å². The molecule has 8 nitrogen and oxygen atoms in total. The molecule has 0 saturated carbocycles. The third-order valence-corrected chi connectivity index (χ3v) is 8.99. The third-order valence-electron chi connectivity index (χ3n) is 8.99. The van der Waals surface area contributed by atoms with Crippen molar-refractivity contribution in [1.82, 2.24) is 15.2 Å². The van der Waals surface area contributed by atoms with Crippen LogP contribution in [0.3, 0.4) is 0 Å². The minimum atomic E-state index is -1.24. The van der Waals surface area contributed by atoms with Crippen LogP contribution < -0.4 is 10.1 Å². The van der Waals surface area contributed by atoms with Crippen LogP contribution in [0.25, 0.3) is 10.8 Å².